The highest BCUT2D eigenvalue weighted by molar-refractivity contribution is 5.99. The Morgan fingerprint density at radius 1 is 1.24 bits per heavy atom. The maximum absolute atomic E-state index is 14.3. The lowest BCUT2D eigenvalue weighted by Gasteiger charge is -2.42. The van der Waals surface area contributed by atoms with E-state index in [2.05, 4.69) is 5.32 Å². The Kier molecular flexibility index (Phi) is 6.15. The molecule has 2 aromatic rings. The summed E-state index contributed by atoms with van der Waals surface area (Å²) in [6.07, 6.45) is 1.60. The second kappa shape index (κ2) is 9.10. The molecule has 202 valence electrons. The Hall–Kier alpha value is -3.96. The fourth-order valence-electron chi connectivity index (χ4n) is 5.67. The number of aryl methyl sites for hydroxylation is 1. The fourth-order valence-corrected chi connectivity index (χ4v) is 5.67. The number of nitrogens with zero attached hydrogens (tertiary/aromatic N) is 3. The standard InChI is InChI=1S/C26H28F2N4O6/c1-4-30-12-26(38-25(30)37)6-5-14(3)31-11-19(26)32-10-16(21(33)22(34)20(32)24(31)36)23(35)29-9-15-17(27)7-13(2)8-18(15)28/h7-8,10,14,19,34H,4-6,9,11-12H2,1-3H3,(H,29,35)/t14-,19+,26+/m0/s1. The van der Waals surface area contributed by atoms with E-state index in [1.165, 1.54) is 16.4 Å². The van der Waals surface area contributed by atoms with Crippen molar-refractivity contribution in [1.82, 2.24) is 19.7 Å². The van der Waals surface area contributed by atoms with E-state index in [1.54, 1.807) is 4.90 Å². The molecule has 0 radical (unpaired) electrons. The molecular formula is C26H28F2N4O6. The van der Waals surface area contributed by atoms with E-state index in [9.17, 15) is 33.1 Å². The molecule has 5 rings (SSSR count). The maximum atomic E-state index is 14.3. The minimum Gasteiger partial charge on any atom is -0.503 e. The molecule has 3 amide bonds. The first kappa shape index (κ1) is 25.7. The first-order chi connectivity index (χ1) is 18.0. The summed E-state index contributed by atoms with van der Waals surface area (Å²) in [6, 6.07) is 1.31. The Labute approximate surface area is 216 Å². The molecule has 3 aliphatic heterocycles. The van der Waals surface area contributed by atoms with Crippen LogP contribution in [-0.2, 0) is 11.3 Å². The van der Waals surface area contributed by atoms with Crippen LogP contribution < -0.4 is 10.7 Å². The number of carbonyl (C=O) groups excluding carboxylic acids is 3. The SMILES string of the molecule is CCN1C[C@@]2(CC[C@H](C)N3C[C@H]2n2cc(C(=O)NCc4c(F)cc(C)cc4F)c(=O)c(O)c2C3=O)OC1=O. The van der Waals surface area contributed by atoms with E-state index >= 15 is 0 Å². The number of halogens is 2. The summed E-state index contributed by atoms with van der Waals surface area (Å²) in [5.74, 6) is -4.17. The van der Waals surface area contributed by atoms with Crippen molar-refractivity contribution in [3.05, 3.63) is 62.6 Å². The summed E-state index contributed by atoms with van der Waals surface area (Å²) in [5, 5.41) is 13.2. The fraction of sp³-hybridized carbons (Fsp3) is 0.462. The van der Waals surface area contributed by atoms with Gasteiger partial charge in [0.05, 0.1) is 12.6 Å². The van der Waals surface area contributed by atoms with Crippen LogP contribution in [0.1, 0.15) is 64.7 Å². The van der Waals surface area contributed by atoms with Gasteiger partial charge in [-0.1, -0.05) is 0 Å². The van der Waals surface area contributed by atoms with E-state index in [1.807, 2.05) is 13.8 Å². The molecule has 2 N–H and O–H groups in total. The predicted octanol–water partition coefficient (Wildman–Crippen LogP) is 2.46. The summed E-state index contributed by atoms with van der Waals surface area (Å²) >= 11 is 0. The van der Waals surface area contributed by atoms with E-state index in [4.69, 9.17) is 4.74 Å². The molecular weight excluding hydrogens is 502 g/mol. The van der Waals surface area contributed by atoms with Gasteiger partial charge in [0.2, 0.25) is 5.43 Å². The summed E-state index contributed by atoms with van der Waals surface area (Å²) in [6.45, 7) is 5.43. The molecule has 4 heterocycles. The van der Waals surface area contributed by atoms with Crippen molar-refractivity contribution < 1.29 is 33.0 Å². The minimum atomic E-state index is -1.09. The molecule has 1 spiro atoms. The minimum absolute atomic E-state index is 0.140. The van der Waals surface area contributed by atoms with Crippen molar-refractivity contribution in [1.29, 1.82) is 0 Å². The van der Waals surface area contributed by atoms with Crippen LogP contribution >= 0.6 is 0 Å². The first-order valence-electron chi connectivity index (χ1n) is 12.5. The summed E-state index contributed by atoms with van der Waals surface area (Å²) in [5.41, 5.74) is -2.97. The molecule has 1 aromatic heterocycles. The molecule has 2 saturated heterocycles. The number of carbonyl (C=O) groups is 3. The highest BCUT2D eigenvalue weighted by Gasteiger charge is 2.56. The number of pyridine rings is 1. The second-order valence-corrected chi connectivity index (χ2v) is 10.2. The summed E-state index contributed by atoms with van der Waals surface area (Å²) in [7, 11) is 0. The average Bonchev–Trinajstić information content (AvgIpc) is 3.13. The van der Waals surface area contributed by atoms with Crippen LogP contribution in [0.2, 0.25) is 0 Å². The zero-order chi connectivity index (χ0) is 27.5. The zero-order valence-electron chi connectivity index (χ0n) is 21.2. The quantitative estimate of drug-likeness (QED) is 0.627. The van der Waals surface area contributed by atoms with Gasteiger partial charge in [0.15, 0.2) is 17.0 Å². The van der Waals surface area contributed by atoms with Gasteiger partial charge in [-0.05, 0) is 51.3 Å². The van der Waals surface area contributed by atoms with Gasteiger partial charge in [-0.15, -0.1) is 0 Å². The van der Waals surface area contributed by atoms with E-state index in [-0.39, 0.29) is 30.4 Å². The number of benzene rings is 1. The van der Waals surface area contributed by atoms with E-state index in [0.717, 1.165) is 18.3 Å². The monoisotopic (exact) mass is 530 g/mol. The molecule has 10 nitrogen and oxygen atoms in total. The Balaban J connectivity index is 1.56. The Morgan fingerprint density at radius 2 is 1.92 bits per heavy atom. The summed E-state index contributed by atoms with van der Waals surface area (Å²) in [4.78, 5) is 55.1. The van der Waals surface area contributed by atoms with Crippen molar-refractivity contribution in [3.63, 3.8) is 0 Å². The number of rotatable bonds is 4. The molecule has 0 saturated carbocycles. The molecule has 38 heavy (non-hydrogen) atoms. The maximum Gasteiger partial charge on any atom is 0.410 e. The number of fused-ring (bicyclic) bond motifs is 5. The van der Waals surface area contributed by atoms with Crippen molar-refractivity contribution in [2.75, 3.05) is 19.6 Å². The number of aromatic hydroxyl groups is 1. The average molecular weight is 531 g/mol. The van der Waals surface area contributed by atoms with Gasteiger partial charge in [-0.2, -0.15) is 0 Å². The third kappa shape index (κ3) is 3.89. The van der Waals surface area contributed by atoms with Crippen LogP contribution in [0, 0.1) is 18.6 Å². The van der Waals surface area contributed by atoms with Gasteiger partial charge >= 0.3 is 6.09 Å². The van der Waals surface area contributed by atoms with Crippen LogP contribution in [0.3, 0.4) is 0 Å². The molecule has 12 heteroatoms. The van der Waals surface area contributed by atoms with Crippen LogP contribution in [0.15, 0.2) is 23.1 Å². The molecule has 2 bridgehead atoms. The zero-order valence-corrected chi connectivity index (χ0v) is 21.2. The van der Waals surface area contributed by atoms with Crippen molar-refractivity contribution in [2.45, 2.75) is 57.8 Å². The molecule has 0 unspecified atom stereocenters. The van der Waals surface area contributed by atoms with E-state index < -0.39 is 64.5 Å². The largest absolute Gasteiger partial charge is 0.503 e. The number of ether oxygens (including phenoxy) is 1. The van der Waals surface area contributed by atoms with Crippen molar-refractivity contribution in [2.24, 2.45) is 0 Å². The number of likely N-dealkylation sites (N-methyl/N-ethyl adjacent to an activating group) is 1. The molecule has 0 aliphatic carbocycles. The highest BCUT2D eigenvalue weighted by atomic mass is 19.1. The van der Waals surface area contributed by atoms with Crippen molar-refractivity contribution in [3.8, 4) is 5.75 Å². The summed E-state index contributed by atoms with van der Waals surface area (Å²) < 4.78 is 35.8. The highest BCUT2D eigenvalue weighted by Crippen LogP contribution is 2.45. The smallest absolute Gasteiger partial charge is 0.410 e. The Bertz CT molecular complexity index is 1400. The third-order valence-corrected chi connectivity index (χ3v) is 7.85. The Morgan fingerprint density at radius 3 is 2.55 bits per heavy atom. The molecule has 3 aliphatic rings. The van der Waals surface area contributed by atoms with Crippen molar-refractivity contribution >= 4 is 17.9 Å². The first-order valence-corrected chi connectivity index (χ1v) is 12.5. The second-order valence-electron chi connectivity index (χ2n) is 10.2. The normalized spacial score (nSPS) is 24.3. The van der Waals surface area contributed by atoms with Gasteiger partial charge in [0.25, 0.3) is 11.8 Å². The molecule has 1 aromatic carbocycles. The van der Waals surface area contributed by atoms with Gasteiger partial charge in [0, 0.05) is 37.4 Å². The number of nitrogens with one attached hydrogen (secondary N) is 1. The molecule has 2 fully saturated rings. The lowest BCUT2D eigenvalue weighted by Crippen LogP contribution is -2.53. The lowest BCUT2D eigenvalue weighted by molar-refractivity contribution is -0.00221. The number of amides is 3. The van der Waals surface area contributed by atoms with E-state index in [0.29, 0.717) is 24.9 Å². The van der Waals surface area contributed by atoms with Gasteiger partial charge in [-0.3, -0.25) is 14.4 Å². The molecule has 3 atom stereocenters. The number of hydrogen-bond acceptors (Lipinski definition) is 6. The van der Waals surface area contributed by atoms with Crippen LogP contribution in [0.5, 0.6) is 5.75 Å². The van der Waals surface area contributed by atoms with Crippen LogP contribution in [0.4, 0.5) is 13.6 Å². The van der Waals surface area contributed by atoms with Gasteiger partial charge in [-0.25, -0.2) is 13.6 Å². The third-order valence-electron chi connectivity index (χ3n) is 7.85. The topological polar surface area (TPSA) is 121 Å². The lowest BCUT2D eigenvalue weighted by atomic mass is 9.88. The van der Waals surface area contributed by atoms with Crippen LogP contribution in [-0.4, -0.2) is 68.7 Å². The van der Waals surface area contributed by atoms with Gasteiger partial charge < -0.3 is 29.5 Å². The predicted molar refractivity (Wildman–Crippen MR) is 130 cm³/mol. The number of aromatic nitrogens is 1. The van der Waals surface area contributed by atoms with Crippen LogP contribution in [0.25, 0.3) is 0 Å². The van der Waals surface area contributed by atoms with Gasteiger partial charge in [0.1, 0.15) is 17.2 Å². The number of hydrogen-bond donors (Lipinski definition) is 2.